The summed E-state index contributed by atoms with van der Waals surface area (Å²) in [6, 6.07) is -2.09. The van der Waals surface area contributed by atoms with Crippen LogP contribution in [-0.4, -0.2) is 75.7 Å². The molecule has 1 aliphatic rings. The maximum Gasteiger partial charge on any atom is 0.328 e. The smallest absolute Gasteiger partial charge is 0.328 e. The number of hydrogen-bond acceptors (Lipinski definition) is 4. The van der Waals surface area contributed by atoms with Crippen molar-refractivity contribution >= 4 is 17.9 Å². The Bertz CT molecular complexity index is 421. The molecule has 0 bridgehead atoms. The second-order valence-corrected chi connectivity index (χ2v) is 5.44. The molecule has 3 amide bonds. The van der Waals surface area contributed by atoms with E-state index in [9.17, 15) is 19.5 Å². The Balaban J connectivity index is 2.86. The zero-order valence-electron chi connectivity index (χ0n) is 12.1. The van der Waals surface area contributed by atoms with Gasteiger partial charge in [-0.25, -0.2) is 9.59 Å². The number of carbonyl (C=O) groups excluding carboxylic acids is 2. The molecule has 0 radical (unpaired) electrons. The third-order valence-corrected chi connectivity index (χ3v) is 3.48. The standard InChI is InChI=1S/C12H21N3O5/c1-7(16)8(9(17)18)13-11(20)15-6-5-14(4)10(19)12(15,2)3/h7-8,16H,5-6H2,1-4H3,(H,13,20)(H,17,18)/t7-,8+/m1/s1. The van der Waals surface area contributed by atoms with E-state index < -0.39 is 29.7 Å². The molecule has 0 unspecified atom stereocenters. The molecule has 8 nitrogen and oxygen atoms in total. The SMILES string of the molecule is C[C@@H](O)[C@H](NC(=O)N1CCN(C)C(=O)C1(C)C)C(=O)O. The van der Waals surface area contributed by atoms with E-state index >= 15 is 0 Å². The first kappa shape index (κ1) is 16.2. The first-order valence-electron chi connectivity index (χ1n) is 6.33. The van der Waals surface area contributed by atoms with Gasteiger partial charge in [-0.3, -0.25) is 4.79 Å². The van der Waals surface area contributed by atoms with Crippen LogP contribution in [0.4, 0.5) is 4.79 Å². The van der Waals surface area contributed by atoms with Gasteiger partial charge in [0, 0.05) is 20.1 Å². The maximum atomic E-state index is 12.2. The van der Waals surface area contributed by atoms with Crippen molar-refractivity contribution in [2.45, 2.75) is 38.5 Å². The molecule has 0 aromatic heterocycles. The summed E-state index contributed by atoms with van der Waals surface area (Å²) >= 11 is 0. The van der Waals surface area contributed by atoms with Gasteiger partial charge >= 0.3 is 12.0 Å². The number of piperazine rings is 1. The van der Waals surface area contributed by atoms with Gasteiger partial charge in [0.05, 0.1) is 6.10 Å². The molecular formula is C12H21N3O5. The average Bonchev–Trinajstić information content (AvgIpc) is 2.32. The lowest BCUT2D eigenvalue weighted by molar-refractivity contribution is -0.144. The molecule has 8 heteroatoms. The van der Waals surface area contributed by atoms with E-state index in [1.54, 1.807) is 20.9 Å². The third-order valence-electron chi connectivity index (χ3n) is 3.48. The van der Waals surface area contributed by atoms with Gasteiger partial charge in [0.15, 0.2) is 6.04 Å². The molecule has 1 aliphatic heterocycles. The second-order valence-electron chi connectivity index (χ2n) is 5.44. The molecule has 1 rings (SSSR count). The number of rotatable bonds is 3. The lowest BCUT2D eigenvalue weighted by Crippen LogP contribution is -2.66. The molecule has 1 heterocycles. The zero-order chi connectivity index (χ0) is 15.7. The highest BCUT2D eigenvalue weighted by Crippen LogP contribution is 2.21. The van der Waals surface area contributed by atoms with Crippen LogP contribution in [0.15, 0.2) is 0 Å². The summed E-state index contributed by atoms with van der Waals surface area (Å²) < 4.78 is 0. The molecule has 1 saturated heterocycles. The minimum Gasteiger partial charge on any atom is -0.480 e. The van der Waals surface area contributed by atoms with Crippen molar-refractivity contribution in [1.82, 2.24) is 15.1 Å². The first-order valence-corrected chi connectivity index (χ1v) is 6.33. The number of hydrogen-bond donors (Lipinski definition) is 3. The molecule has 1 fully saturated rings. The van der Waals surface area contributed by atoms with Crippen LogP contribution in [-0.2, 0) is 9.59 Å². The zero-order valence-corrected chi connectivity index (χ0v) is 12.1. The van der Waals surface area contributed by atoms with E-state index in [4.69, 9.17) is 5.11 Å². The highest BCUT2D eigenvalue weighted by atomic mass is 16.4. The molecule has 0 aromatic carbocycles. The summed E-state index contributed by atoms with van der Waals surface area (Å²) in [5.74, 6) is -1.55. The molecule has 0 spiro atoms. The van der Waals surface area contributed by atoms with Crippen molar-refractivity contribution in [3.05, 3.63) is 0 Å². The van der Waals surface area contributed by atoms with Crippen LogP contribution in [0, 0.1) is 0 Å². The Labute approximate surface area is 117 Å². The number of aliphatic carboxylic acids is 1. The summed E-state index contributed by atoms with van der Waals surface area (Å²) in [5.41, 5.74) is -1.06. The summed E-state index contributed by atoms with van der Waals surface area (Å²) in [7, 11) is 1.65. The van der Waals surface area contributed by atoms with Crippen LogP contribution in [0.2, 0.25) is 0 Å². The minimum absolute atomic E-state index is 0.220. The van der Waals surface area contributed by atoms with Gasteiger partial charge in [-0.1, -0.05) is 0 Å². The Morgan fingerprint density at radius 3 is 2.35 bits per heavy atom. The number of aliphatic hydroxyl groups is 1. The first-order chi connectivity index (χ1) is 9.09. The molecule has 20 heavy (non-hydrogen) atoms. The quantitative estimate of drug-likeness (QED) is 0.622. The lowest BCUT2D eigenvalue weighted by Gasteiger charge is -2.44. The van der Waals surface area contributed by atoms with Crippen LogP contribution < -0.4 is 5.32 Å². The van der Waals surface area contributed by atoms with E-state index in [1.807, 2.05) is 0 Å². The van der Waals surface area contributed by atoms with Crippen molar-refractivity contribution in [2.24, 2.45) is 0 Å². The number of urea groups is 1. The van der Waals surface area contributed by atoms with Crippen LogP contribution in [0.25, 0.3) is 0 Å². The number of likely N-dealkylation sites (N-methyl/N-ethyl adjacent to an activating group) is 1. The largest absolute Gasteiger partial charge is 0.480 e. The highest BCUT2D eigenvalue weighted by Gasteiger charge is 2.44. The van der Waals surface area contributed by atoms with E-state index in [0.717, 1.165) is 0 Å². The number of carbonyl (C=O) groups is 3. The van der Waals surface area contributed by atoms with Gasteiger partial charge in [0.2, 0.25) is 5.91 Å². The van der Waals surface area contributed by atoms with Crippen LogP contribution in [0.1, 0.15) is 20.8 Å². The molecular weight excluding hydrogens is 266 g/mol. The number of carboxylic acids is 1. The fourth-order valence-corrected chi connectivity index (χ4v) is 2.17. The fourth-order valence-electron chi connectivity index (χ4n) is 2.17. The number of carboxylic acid groups (broad SMARTS) is 1. The van der Waals surface area contributed by atoms with Crippen molar-refractivity contribution in [3.8, 4) is 0 Å². The van der Waals surface area contributed by atoms with Crippen molar-refractivity contribution in [3.63, 3.8) is 0 Å². The predicted molar refractivity (Wildman–Crippen MR) is 70.1 cm³/mol. The Kier molecular flexibility index (Phi) is 4.59. The van der Waals surface area contributed by atoms with Gasteiger partial charge < -0.3 is 25.3 Å². The fraction of sp³-hybridized carbons (Fsp3) is 0.750. The van der Waals surface area contributed by atoms with Gasteiger partial charge in [-0.05, 0) is 20.8 Å². The monoisotopic (exact) mass is 287 g/mol. The number of amides is 3. The number of aliphatic hydroxyl groups excluding tert-OH is 1. The number of nitrogens with one attached hydrogen (secondary N) is 1. The Morgan fingerprint density at radius 1 is 1.35 bits per heavy atom. The highest BCUT2D eigenvalue weighted by molar-refractivity contribution is 5.92. The molecule has 114 valence electrons. The summed E-state index contributed by atoms with van der Waals surface area (Å²) in [6.07, 6.45) is -1.23. The summed E-state index contributed by atoms with van der Waals surface area (Å²) in [4.78, 5) is 38.0. The van der Waals surface area contributed by atoms with Gasteiger partial charge in [0.1, 0.15) is 5.54 Å². The molecule has 0 aliphatic carbocycles. The topological polar surface area (TPSA) is 110 Å². The van der Waals surface area contributed by atoms with E-state index in [1.165, 1.54) is 16.7 Å². The maximum absolute atomic E-state index is 12.2. The van der Waals surface area contributed by atoms with Gasteiger partial charge in [0.25, 0.3) is 0 Å². The molecule has 3 N–H and O–H groups in total. The van der Waals surface area contributed by atoms with Gasteiger partial charge in [-0.15, -0.1) is 0 Å². The van der Waals surface area contributed by atoms with Crippen molar-refractivity contribution in [2.75, 3.05) is 20.1 Å². The van der Waals surface area contributed by atoms with Crippen molar-refractivity contribution in [1.29, 1.82) is 0 Å². The summed E-state index contributed by atoms with van der Waals surface area (Å²) in [5, 5.41) is 20.6. The van der Waals surface area contributed by atoms with Crippen LogP contribution >= 0.6 is 0 Å². The van der Waals surface area contributed by atoms with Crippen molar-refractivity contribution < 1.29 is 24.6 Å². The normalized spacial score (nSPS) is 21.4. The third kappa shape index (κ3) is 3.01. The van der Waals surface area contributed by atoms with Gasteiger partial charge in [-0.2, -0.15) is 0 Å². The van der Waals surface area contributed by atoms with E-state index in [2.05, 4.69) is 5.32 Å². The van der Waals surface area contributed by atoms with Crippen LogP contribution in [0.3, 0.4) is 0 Å². The van der Waals surface area contributed by atoms with E-state index in [0.29, 0.717) is 13.1 Å². The Morgan fingerprint density at radius 2 is 1.90 bits per heavy atom. The minimum atomic E-state index is -1.41. The second kappa shape index (κ2) is 5.66. The molecule has 0 saturated carbocycles. The number of nitrogens with zero attached hydrogens (tertiary/aromatic N) is 2. The van der Waals surface area contributed by atoms with E-state index in [-0.39, 0.29) is 5.91 Å². The average molecular weight is 287 g/mol. The lowest BCUT2D eigenvalue weighted by atomic mass is 9.98. The van der Waals surface area contributed by atoms with Crippen LogP contribution in [0.5, 0.6) is 0 Å². The molecule has 0 aromatic rings. The summed E-state index contributed by atoms with van der Waals surface area (Å²) in [6.45, 7) is 5.15. The molecule has 2 atom stereocenters. The Hall–Kier alpha value is -1.83. The predicted octanol–water partition coefficient (Wildman–Crippen LogP) is -0.917.